The largest absolute Gasteiger partial charge is 0.486 e. The van der Waals surface area contributed by atoms with Gasteiger partial charge in [-0.2, -0.15) is 0 Å². The van der Waals surface area contributed by atoms with Gasteiger partial charge in [-0.3, -0.25) is 0 Å². The number of hydrogen-bond donors (Lipinski definition) is 1. The van der Waals surface area contributed by atoms with Gasteiger partial charge in [0.2, 0.25) is 11.8 Å². The third-order valence-electron chi connectivity index (χ3n) is 4.05. The number of para-hydroxylation sites is 1. The molecule has 0 fully saturated rings. The van der Waals surface area contributed by atoms with Gasteiger partial charge in [-0.1, -0.05) is 23.8 Å². The molecule has 25 heavy (non-hydrogen) atoms. The molecule has 6 nitrogen and oxygen atoms in total. The van der Waals surface area contributed by atoms with Crippen molar-refractivity contribution in [2.75, 3.05) is 18.5 Å². The van der Waals surface area contributed by atoms with Crippen molar-refractivity contribution in [3.05, 3.63) is 53.9 Å². The van der Waals surface area contributed by atoms with E-state index in [1.165, 1.54) is 5.56 Å². The SMILES string of the molecule is Cc1ccc(-c2nnc([C@@H](C)Nc3cccc4c3OCCO4)o2)cc1. The Bertz CT molecular complexity index is 874. The van der Waals surface area contributed by atoms with E-state index in [1.54, 1.807) is 0 Å². The van der Waals surface area contributed by atoms with Crippen molar-refractivity contribution < 1.29 is 13.9 Å². The van der Waals surface area contributed by atoms with Crippen LogP contribution in [0.15, 0.2) is 46.9 Å². The molecular formula is C19H19N3O3. The van der Waals surface area contributed by atoms with Crippen molar-refractivity contribution >= 4 is 5.69 Å². The van der Waals surface area contributed by atoms with Crippen LogP contribution in [-0.2, 0) is 0 Å². The van der Waals surface area contributed by atoms with Gasteiger partial charge in [-0.15, -0.1) is 10.2 Å². The zero-order chi connectivity index (χ0) is 17.2. The van der Waals surface area contributed by atoms with E-state index in [1.807, 2.05) is 56.3 Å². The maximum absolute atomic E-state index is 5.83. The first-order chi connectivity index (χ1) is 12.2. The molecule has 1 N–H and O–H groups in total. The first-order valence-electron chi connectivity index (χ1n) is 8.26. The predicted molar refractivity (Wildman–Crippen MR) is 93.9 cm³/mol. The highest BCUT2D eigenvalue weighted by atomic mass is 16.6. The molecule has 1 atom stereocenters. The summed E-state index contributed by atoms with van der Waals surface area (Å²) in [6, 6.07) is 13.6. The molecule has 0 saturated carbocycles. The number of ether oxygens (including phenoxy) is 2. The van der Waals surface area contributed by atoms with Gasteiger partial charge >= 0.3 is 0 Å². The van der Waals surface area contributed by atoms with Crippen molar-refractivity contribution in [1.82, 2.24) is 10.2 Å². The van der Waals surface area contributed by atoms with Crippen molar-refractivity contribution in [1.29, 1.82) is 0 Å². The van der Waals surface area contributed by atoms with Crippen LogP contribution in [0.5, 0.6) is 11.5 Å². The molecule has 3 aromatic rings. The fourth-order valence-electron chi connectivity index (χ4n) is 2.70. The van der Waals surface area contributed by atoms with Crippen LogP contribution in [0.1, 0.15) is 24.4 Å². The van der Waals surface area contributed by atoms with Crippen LogP contribution in [0.25, 0.3) is 11.5 Å². The van der Waals surface area contributed by atoms with Gasteiger partial charge in [0.25, 0.3) is 0 Å². The van der Waals surface area contributed by atoms with Gasteiger partial charge in [0, 0.05) is 5.56 Å². The van der Waals surface area contributed by atoms with Crippen LogP contribution >= 0.6 is 0 Å². The Morgan fingerprint density at radius 3 is 2.64 bits per heavy atom. The van der Waals surface area contributed by atoms with E-state index in [9.17, 15) is 0 Å². The fraction of sp³-hybridized carbons (Fsp3) is 0.263. The van der Waals surface area contributed by atoms with E-state index in [0.717, 1.165) is 22.7 Å². The molecule has 0 bridgehead atoms. The highest BCUT2D eigenvalue weighted by Crippen LogP contribution is 2.38. The summed E-state index contributed by atoms with van der Waals surface area (Å²) in [4.78, 5) is 0. The van der Waals surface area contributed by atoms with Crippen molar-refractivity contribution in [3.8, 4) is 23.0 Å². The number of aryl methyl sites for hydroxylation is 1. The van der Waals surface area contributed by atoms with Crippen LogP contribution in [0.3, 0.4) is 0 Å². The Labute approximate surface area is 145 Å². The normalized spacial score (nSPS) is 14.2. The quantitative estimate of drug-likeness (QED) is 0.776. The maximum Gasteiger partial charge on any atom is 0.247 e. The van der Waals surface area contributed by atoms with E-state index in [4.69, 9.17) is 13.9 Å². The van der Waals surface area contributed by atoms with Crippen molar-refractivity contribution in [2.45, 2.75) is 19.9 Å². The van der Waals surface area contributed by atoms with Gasteiger partial charge < -0.3 is 19.2 Å². The molecule has 1 aliphatic heterocycles. The van der Waals surface area contributed by atoms with E-state index < -0.39 is 0 Å². The molecular weight excluding hydrogens is 318 g/mol. The van der Waals surface area contributed by atoms with E-state index in [2.05, 4.69) is 15.5 Å². The Hall–Kier alpha value is -3.02. The Kier molecular flexibility index (Phi) is 4.01. The topological polar surface area (TPSA) is 69.4 Å². The Morgan fingerprint density at radius 2 is 1.80 bits per heavy atom. The summed E-state index contributed by atoms with van der Waals surface area (Å²) in [6.45, 7) is 5.12. The lowest BCUT2D eigenvalue weighted by Gasteiger charge is -2.22. The molecule has 2 aromatic carbocycles. The molecule has 6 heteroatoms. The summed E-state index contributed by atoms with van der Waals surface area (Å²) in [5, 5.41) is 11.7. The Morgan fingerprint density at radius 1 is 1.00 bits per heavy atom. The number of rotatable bonds is 4. The number of fused-ring (bicyclic) bond motifs is 1. The van der Waals surface area contributed by atoms with Gasteiger partial charge in [0.05, 0.1) is 5.69 Å². The monoisotopic (exact) mass is 337 g/mol. The molecule has 2 heterocycles. The average molecular weight is 337 g/mol. The summed E-state index contributed by atoms with van der Waals surface area (Å²) >= 11 is 0. The van der Waals surface area contributed by atoms with Crippen molar-refractivity contribution in [3.63, 3.8) is 0 Å². The fourth-order valence-corrected chi connectivity index (χ4v) is 2.70. The molecule has 4 rings (SSSR count). The minimum atomic E-state index is -0.163. The van der Waals surface area contributed by atoms with Crippen LogP contribution in [0, 0.1) is 6.92 Å². The van der Waals surface area contributed by atoms with Crippen LogP contribution in [0.4, 0.5) is 5.69 Å². The number of benzene rings is 2. The number of nitrogens with one attached hydrogen (secondary N) is 1. The van der Waals surface area contributed by atoms with Crippen molar-refractivity contribution in [2.24, 2.45) is 0 Å². The minimum Gasteiger partial charge on any atom is -0.486 e. The summed E-state index contributed by atoms with van der Waals surface area (Å²) in [6.07, 6.45) is 0. The van der Waals surface area contributed by atoms with Gasteiger partial charge in [0.15, 0.2) is 11.5 Å². The summed E-state index contributed by atoms with van der Waals surface area (Å²) in [5.41, 5.74) is 2.94. The predicted octanol–water partition coefficient (Wildman–Crippen LogP) is 3.99. The van der Waals surface area contributed by atoms with Crippen LogP contribution in [-0.4, -0.2) is 23.4 Å². The lowest BCUT2D eigenvalue weighted by Crippen LogP contribution is -2.17. The lowest BCUT2D eigenvalue weighted by atomic mass is 10.1. The molecule has 0 amide bonds. The van der Waals surface area contributed by atoms with E-state index >= 15 is 0 Å². The second kappa shape index (κ2) is 6.47. The summed E-state index contributed by atoms with van der Waals surface area (Å²) in [5.74, 6) is 2.50. The van der Waals surface area contributed by atoms with Crippen LogP contribution < -0.4 is 14.8 Å². The molecule has 0 radical (unpaired) electrons. The molecule has 0 aliphatic carbocycles. The Balaban J connectivity index is 1.54. The van der Waals surface area contributed by atoms with Gasteiger partial charge in [-0.05, 0) is 38.1 Å². The van der Waals surface area contributed by atoms with Gasteiger partial charge in [0.1, 0.15) is 19.3 Å². The third-order valence-corrected chi connectivity index (χ3v) is 4.05. The number of nitrogens with zero attached hydrogens (tertiary/aromatic N) is 2. The number of anilines is 1. The number of aromatic nitrogens is 2. The average Bonchev–Trinajstić information content (AvgIpc) is 3.13. The standard InChI is InChI=1S/C19H19N3O3/c1-12-6-8-14(9-7-12)19-22-21-18(25-19)13(2)20-15-4-3-5-16-17(15)24-11-10-23-16/h3-9,13,20H,10-11H2,1-2H3/t13-/m1/s1. The molecule has 1 aliphatic rings. The number of hydrogen-bond acceptors (Lipinski definition) is 6. The summed E-state index contributed by atoms with van der Waals surface area (Å²) < 4.78 is 17.2. The van der Waals surface area contributed by atoms with E-state index in [-0.39, 0.29) is 6.04 Å². The first-order valence-corrected chi connectivity index (χ1v) is 8.26. The van der Waals surface area contributed by atoms with Gasteiger partial charge in [-0.25, -0.2) is 0 Å². The lowest BCUT2D eigenvalue weighted by molar-refractivity contribution is 0.172. The maximum atomic E-state index is 5.83. The first kappa shape index (κ1) is 15.5. The smallest absolute Gasteiger partial charge is 0.247 e. The highest BCUT2D eigenvalue weighted by Gasteiger charge is 2.20. The second-order valence-electron chi connectivity index (χ2n) is 6.01. The zero-order valence-electron chi connectivity index (χ0n) is 14.2. The molecule has 128 valence electrons. The molecule has 0 spiro atoms. The zero-order valence-corrected chi connectivity index (χ0v) is 14.2. The highest BCUT2D eigenvalue weighted by molar-refractivity contribution is 5.64. The molecule has 0 unspecified atom stereocenters. The van der Waals surface area contributed by atoms with E-state index in [0.29, 0.717) is 25.0 Å². The summed E-state index contributed by atoms with van der Waals surface area (Å²) in [7, 11) is 0. The van der Waals surface area contributed by atoms with Crippen LogP contribution in [0.2, 0.25) is 0 Å². The molecule has 1 aromatic heterocycles. The second-order valence-corrected chi connectivity index (χ2v) is 6.01. The third kappa shape index (κ3) is 3.15. The molecule has 0 saturated heterocycles. The minimum absolute atomic E-state index is 0.163.